The second-order valence-corrected chi connectivity index (χ2v) is 9.27. The van der Waals surface area contributed by atoms with Gasteiger partial charge >= 0.3 is 0 Å². The summed E-state index contributed by atoms with van der Waals surface area (Å²) in [5.41, 5.74) is 10.9. The predicted octanol–water partition coefficient (Wildman–Crippen LogP) is 4.00. The van der Waals surface area contributed by atoms with Crippen molar-refractivity contribution in [1.29, 1.82) is 21.0 Å². The molecule has 0 fully saturated rings. The molecule has 2 heterocycles. The lowest BCUT2D eigenvalue weighted by molar-refractivity contribution is 0.562. The van der Waals surface area contributed by atoms with E-state index >= 15 is 0 Å². The summed E-state index contributed by atoms with van der Waals surface area (Å²) in [7, 11) is 0. The van der Waals surface area contributed by atoms with Crippen molar-refractivity contribution in [2.24, 2.45) is 0 Å². The van der Waals surface area contributed by atoms with E-state index in [9.17, 15) is 30.6 Å². The molecular weight excluding hydrogens is 551 g/mol. The van der Waals surface area contributed by atoms with Crippen molar-refractivity contribution in [3.63, 3.8) is 0 Å². The Bertz CT molecular complexity index is 1820. The van der Waals surface area contributed by atoms with Crippen LogP contribution in [0.1, 0.15) is 22.3 Å². The minimum Gasteiger partial charge on any atom is -0.384 e. The largest absolute Gasteiger partial charge is 0.384 e. The molecule has 0 amide bonds. The maximum atomic E-state index is 13.3. The SMILES string of the molecule is N#Cc1c(-c2ccc(Cl)cc2)c(C#N)c(=O)n(CCn2c(N)c(C#N)c(-c3ccc(Cl)cc3)c(C#N)c2=O)c1N. The molecule has 4 aromatic rings. The van der Waals surface area contributed by atoms with Crippen LogP contribution in [0.25, 0.3) is 22.3 Å². The van der Waals surface area contributed by atoms with Crippen LogP contribution in [0.2, 0.25) is 10.0 Å². The molecule has 12 heteroatoms. The molecule has 194 valence electrons. The summed E-state index contributed by atoms with van der Waals surface area (Å²) < 4.78 is 1.96. The number of benzene rings is 2. The van der Waals surface area contributed by atoms with Crippen molar-refractivity contribution in [2.75, 3.05) is 11.5 Å². The molecule has 2 aromatic carbocycles. The first-order valence-corrected chi connectivity index (χ1v) is 12.2. The first kappa shape index (κ1) is 27.5. The normalized spacial score (nSPS) is 10.2. The van der Waals surface area contributed by atoms with Gasteiger partial charge in [-0.3, -0.25) is 18.7 Å². The molecular formula is C28H16Cl2N8O2. The van der Waals surface area contributed by atoms with E-state index in [1.54, 1.807) is 48.5 Å². The first-order valence-electron chi connectivity index (χ1n) is 11.4. The van der Waals surface area contributed by atoms with E-state index in [1.165, 1.54) is 0 Å². The molecule has 0 saturated heterocycles. The van der Waals surface area contributed by atoms with Gasteiger partial charge in [0.05, 0.1) is 0 Å². The third-order valence-corrected chi connectivity index (χ3v) is 6.78. The molecule has 0 aliphatic carbocycles. The highest BCUT2D eigenvalue weighted by Gasteiger charge is 2.24. The lowest BCUT2D eigenvalue weighted by Gasteiger charge is -2.19. The van der Waals surface area contributed by atoms with Gasteiger partial charge in [-0.25, -0.2) is 0 Å². The van der Waals surface area contributed by atoms with E-state index < -0.39 is 11.1 Å². The molecule has 4 rings (SSSR count). The number of nitriles is 4. The number of halogens is 2. The topological polar surface area (TPSA) is 191 Å². The Balaban J connectivity index is 1.87. The van der Waals surface area contributed by atoms with Gasteiger partial charge in [0.25, 0.3) is 11.1 Å². The number of nitrogens with zero attached hydrogens (tertiary/aromatic N) is 6. The fourth-order valence-electron chi connectivity index (χ4n) is 4.37. The number of anilines is 2. The Kier molecular flexibility index (Phi) is 7.62. The highest BCUT2D eigenvalue weighted by Crippen LogP contribution is 2.32. The molecule has 40 heavy (non-hydrogen) atoms. The number of hydrogen-bond acceptors (Lipinski definition) is 8. The molecule has 0 bridgehead atoms. The van der Waals surface area contributed by atoms with Gasteiger partial charge < -0.3 is 11.5 Å². The van der Waals surface area contributed by atoms with Crippen molar-refractivity contribution in [2.45, 2.75) is 13.1 Å². The average Bonchev–Trinajstić information content (AvgIpc) is 2.95. The second kappa shape index (κ2) is 11.1. The minimum absolute atomic E-state index is 0.0583. The van der Waals surface area contributed by atoms with Gasteiger partial charge in [0.2, 0.25) is 0 Å². The van der Waals surface area contributed by atoms with E-state index in [-0.39, 0.29) is 58.1 Å². The van der Waals surface area contributed by atoms with E-state index in [0.717, 1.165) is 9.13 Å². The fourth-order valence-corrected chi connectivity index (χ4v) is 4.62. The lowest BCUT2D eigenvalue weighted by atomic mass is 9.96. The van der Waals surface area contributed by atoms with Gasteiger partial charge in [0, 0.05) is 34.3 Å². The lowest BCUT2D eigenvalue weighted by Crippen LogP contribution is -2.33. The zero-order valence-electron chi connectivity index (χ0n) is 20.4. The highest BCUT2D eigenvalue weighted by atomic mass is 35.5. The molecule has 0 aliphatic rings. The summed E-state index contributed by atoms with van der Waals surface area (Å²) in [4.78, 5) is 26.7. The zero-order chi connectivity index (χ0) is 29.1. The van der Waals surface area contributed by atoms with Crippen molar-refractivity contribution < 1.29 is 0 Å². The van der Waals surface area contributed by atoms with Crippen molar-refractivity contribution >= 4 is 34.8 Å². The Morgan fingerprint density at radius 1 is 0.575 bits per heavy atom. The Morgan fingerprint density at radius 3 is 1.15 bits per heavy atom. The van der Waals surface area contributed by atoms with Crippen LogP contribution in [0.3, 0.4) is 0 Å². The standard InChI is InChI=1S/C28H16Cl2N8O2/c29-17-5-1-15(2-6-17)23-19(11-31)25(35)37(27(39)21(23)13-33)9-10-38-26(36)20(12-32)24(22(14-34)28(38)40)16-3-7-18(30)8-4-16/h1-8H,9-10,35-36H2. The van der Waals surface area contributed by atoms with Gasteiger partial charge in [0.1, 0.15) is 58.2 Å². The fraction of sp³-hybridized carbons (Fsp3) is 0.0714. The van der Waals surface area contributed by atoms with Gasteiger partial charge in [-0.1, -0.05) is 47.5 Å². The van der Waals surface area contributed by atoms with Crippen LogP contribution in [0, 0.1) is 45.3 Å². The van der Waals surface area contributed by atoms with Gasteiger partial charge in [-0.15, -0.1) is 0 Å². The molecule has 0 radical (unpaired) electrons. The number of pyridine rings is 2. The van der Waals surface area contributed by atoms with Crippen molar-refractivity contribution in [3.8, 4) is 46.5 Å². The molecule has 10 nitrogen and oxygen atoms in total. The Morgan fingerprint density at radius 2 is 0.875 bits per heavy atom. The summed E-state index contributed by atoms with van der Waals surface area (Å²) in [5, 5.41) is 40.2. The van der Waals surface area contributed by atoms with Crippen LogP contribution in [0.4, 0.5) is 11.6 Å². The third kappa shape index (κ3) is 4.62. The van der Waals surface area contributed by atoms with E-state index in [1.807, 2.05) is 24.3 Å². The maximum Gasteiger partial charge on any atom is 0.270 e. The average molecular weight is 567 g/mol. The second-order valence-electron chi connectivity index (χ2n) is 8.40. The van der Waals surface area contributed by atoms with Crippen molar-refractivity contribution in [3.05, 3.63) is 102 Å². The first-order chi connectivity index (χ1) is 19.2. The van der Waals surface area contributed by atoms with Gasteiger partial charge in [0.15, 0.2) is 0 Å². The third-order valence-electron chi connectivity index (χ3n) is 6.27. The van der Waals surface area contributed by atoms with E-state index in [0.29, 0.717) is 21.2 Å². The number of nitrogens with two attached hydrogens (primary N) is 2. The van der Waals surface area contributed by atoms with Crippen molar-refractivity contribution in [1.82, 2.24) is 9.13 Å². The maximum absolute atomic E-state index is 13.3. The summed E-state index contributed by atoms with van der Waals surface area (Å²) in [6, 6.07) is 20.0. The quantitative estimate of drug-likeness (QED) is 0.361. The molecule has 0 spiro atoms. The summed E-state index contributed by atoms with van der Waals surface area (Å²) in [6.07, 6.45) is 0. The predicted molar refractivity (Wildman–Crippen MR) is 150 cm³/mol. The highest BCUT2D eigenvalue weighted by molar-refractivity contribution is 6.31. The summed E-state index contributed by atoms with van der Waals surface area (Å²) >= 11 is 11.9. The van der Waals surface area contributed by atoms with Crippen LogP contribution in [-0.2, 0) is 13.1 Å². The van der Waals surface area contributed by atoms with Crippen LogP contribution in [0.5, 0.6) is 0 Å². The van der Waals surface area contributed by atoms with E-state index in [2.05, 4.69) is 0 Å². The van der Waals surface area contributed by atoms with Gasteiger partial charge in [-0.2, -0.15) is 21.0 Å². The molecule has 2 aromatic heterocycles. The van der Waals surface area contributed by atoms with E-state index in [4.69, 9.17) is 34.7 Å². The number of nitrogen functional groups attached to an aromatic ring is 2. The smallest absolute Gasteiger partial charge is 0.270 e. The van der Waals surface area contributed by atoms with Crippen LogP contribution in [-0.4, -0.2) is 9.13 Å². The monoisotopic (exact) mass is 566 g/mol. The number of hydrogen-bond donors (Lipinski definition) is 2. The molecule has 0 saturated carbocycles. The van der Waals surface area contributed by atoms with Crippen LogP contribution >= 0.6 is 23.2 Å². The Labute approximate surface area is 237 Å². The zero-order valence-corrected chi connectivity index (χ0v) is 22.0. The number of rotatable bonds is 5. The summed E-state index contributed by atoms with van der Waals surface area (Å²) in [6.45, 7) is -0.593. The summed E-state index contributed by atoms with van der Waals surface area (Å²) in [5.74, 6) is -0.469. The molecule has 0 unspecified atom stereocenters. The molecule has 0 aliphatic heterocycles. The van der Waals surface area contributed by atoms with Crippen LogP contribution < -0.4 is 22.6 Å². The molecule has 4 N–H and O–H groups in total. The molecule has 0 atom stereocenters. The van der Waals surface area contributed by atoms with Gasteiger partial charge in [-0.05, 0) is 35.4 Å². The minimum atomic E-state index is -0.797. The Hall–Kier alpha value is -5.52. The number of aromatic nitrogens is 2. The van der Waals surface area contributed by atoms with Crippen LogP contribution in [0.15, 0.2) is 58.1 Å².